The lowest BCUT2D eigenvalue weighted by Crippen LogP contribution is -2.76. The van der Waals surface area contributed by atoms with E-state index in [4.69, 9.17) is 9.73 Å². The monoisotopic (exact) mass is 1030 g/mol. The summed E-state index contributed by atoms with van der Waals surface area (Å²) in [5.74, 6) is 2.24. The van der Waals surface area contributed by atoms with Crippen molar-refractivity contribution < 1.29 is 9.53 Å². The van der Waals surface area contributed by atoms with Crippen LogP contribution in [0.2, 0.25) is 0 Å². The Morgan fingerprint density at radius 1 is 0.797 bits per heavy atom. The molecule has 7 rings (SSSR count). The molecule has 7 aliphatic rings. The molecule has 0 aromatic rings. The Labute approximate surface area is 451 Å². The number of rotatable bonds is 6. The smallest absolute Gasteiger partial charge is 0.229 e. The van der Waals surface area contributed by atoms with Gasteiger partial charge in [-0.05, 0) is 110 Å². The van der Waals surface area contributed by atoms with Crippen LogP contribution in [0.3, 0.4) is 0 Å². The lowest BCUT2D eigenvalue weighted by molar-refractivity contribution is -0.165. The van der Waals surface area contributed by atoms with Crippen molar-refractivity contribution in [2.24, 2.45) is 28.7 Å². The summed E-state index contributed by atoms with van der Waals surface area (Å²) in [5, 5.41) is 23.7. The lowest BCUT2D eigenvalue weighted by Gasteiger charge is -2.60. The van der Waals surface area contributed by atoms with E-state index >= 15 is 0 Å². The maximum absolute atomic E-state index is 14.7. The van der Waals surface area contributed by atoms with E-state index in [-0.39, 0.29) is 29.6 Å². The van der Waals surface area contributed by atoms with E-state index in [9.17, 15) is 4.79 Å². The average Bonchev–Trinajstić information content (AvgIpc) is 4.20. The summed E-state index contributed by atoms with van der Waals surface area (Å²) in [5.41, 5.74) is 2.89. The van der Waals surface area contributed by atoms with Gasteiger partial charge in [0, 0.05) is 169 Å². The van der Waals surface area contributed by atoms with E-state index in [2.05, 4.69) is 138 Å². The van der Waals surface area contributed by atoms with Gasteiger partial charge in [-0.25, -0.2) is 0 Å². The Morgan fingerprint density at radius 2 is 1.53 bits per heavy atom. The summed E-state index contributed by atoms with van der Waals surface area (Å²) in [6.07, 6.45) is 36.1. The Bertz CT molecular complexity index is 1810. The van der Waals surface area contributed by atoms with Crippen LogP contribution < -0.4 is 31.9 Å². The van der Waals surface area contributed by atoms with Gasteiger partial charge in [-0.1, -0.05) is 71.6 Å². The minimum Gasteiger partial charge on any atom is -0.378 e. The Morgan fingerprint density at radius 3 is 2.27 bits per heavy atom. The van der Waals surface area contributed by atoms with Gasteiger partial charge in [0.25, 0.3) is 0 Å². The molecule has 1 amide bonds. The molecule has 4 heterocycles. The SMILES string of the molecule is CC(C)CC1NCCNC(C)C(C)N2CCCC2=CN(C)C(CC2CCCCC2)=CN(C)C=CNC=CC=NCCNCC2(CCCC2)NC(C)C(C2CCCC2)N2C(C)C(C(=O)N3CCOCC3)C2CNC1C. The first kappa shape index (κ1) is 58.7. The van der Waals surface area contributed by atoms with E-state index in [1.807, 2.05) is 24.7 Å². The van der Waals surface area contributed by atoms with Crippen molar-refractivity contribution in [1.82, 2.24) is 56.4 Å². The highest BCUT2D eigenvalue weighted by Crippen LogP contribution is 2.44. The van der Waals surface area contributed by atoms with Crippen molar-refractivity contribution >= 4 is 12.1 Å². The zero-order valence-electron chi connectivity index (χ0n) is 48.3. The number of morpholine rings is 1. The highest BCUT2D eigenvalue weighted by atomic mass is 16.5. The standard InChI is InChI=1S/C60H108N12O2/c1-45(2)39-55-47(4)66-41-56-57(59(73)70-35-37-74-38-36-70)50(7)72(56)58(52-21-13-14-22-52)48(5)67-60(24-15-16-25-60)44-63-29-28-61-26-18-27-62-32-34-68(8)42-54(40-51-19-11-10-12-20-51)69(9)43-53-23-17-33-71(53)49(6)46(3)64-30-31-65-55/h18,26-27,32,34,42-43,45-52,55-58,62-67H,10-17,19-25,28-31,33,35-41,44H2,1-9H3. The molecule has 74 heavy (non-hydrogen) atoms. The molecule has 14 heteroatoms. The van der Waals surface area contributed by atoms with E-state index in [1.54, 1.807) is 0 Å². The number of ether oxygens (including phenoxy) is 1. The van der Waals surface area contributed by atoms with Crippen LogP contribution in [-0.2, 0) is 9.53 Å². The van der Waals surface area contributed by atoms with Crippen LogP contribution in [0, 0.1) is 23.7 Å². The third-order valence-corrected chi connectivity index (χ3v) is 18.7. The Hall–Kier alpha value is -2.98. The maximum Gasteiger partial charge on any atom is 0.229 e. The fourth-order valence-electron chi connectivity index (χ4n) is 14.4. The molecule has 0 radical (unpaired) electrons. The second-order valence-electron chi connectivity index (χ2n) is 24.6. The van der Waals surface area contributed by atoms with E-state index in [0.29, 0.717) is 74.3 Å². The molecule has 9 atom stereocenters. The van der Waals surface area contributed by atoms with Crippen LogP contribution >= 0.6 is 0 Å². The average molecular weight is 1030 g/mol. The third-order valence-electron chi connectivity index (χ3n) is 18.7. The van der Waals surface area contributed by atoms with Crippen molar-refractivity contribution in [2.45, 2.75) is 211 Å². The maximum atomic E-state index is 14.7. The number of nitrogens with zero attached hydrogens (tertiary/aromatic N) is 6. The molecule has 9 unspecified atom stereocenters. The third kappa shape index (κ3) is 16.5. The fourth-order valence-corrected chi connectivity index (χ4v) is 14.4. The molecule has 6 N–H and O–H groups in total. The molecule has 3 saturated carbocycles. The molecule has 3 aliphatic carbocycles. The summed E-state index contributed by atoms with van der Waals surface area (Å²) < 4.78 is 5.74. The molecule has 6 fully saturated rings. The topological polar surface area (TPSA) is 127 Å². The number of fused-ring (bicyclic) bond motifs is 2. The summed E-state index contributed by atoms with van der Waals surface area (Å²) in [6.45, 7) is 25.7. The normalized spacial score (nSPS) is 33.2. The van der Waals surface area contributed by atoms with Gasteiger partial charge < -0.3 is 56.2 Å². The molecule has 4 aliphatic heterocycles. The number of nitrogens with one attached hydrogen (secondary N) is 6. The van der Waals surface area contributed by atoms with Gasteiger partial charge in [0.1, 0.15) is 0 Å². The summed E-state index contributed by atoms with van der Waals surface area (Å²) >= 11 is 0. The highest BCUT2D eigenvalue weighted by molar-refractivity contribution is 5.81. The van der Waals surface area contributed by atoms with Crippen molar-refractivity contribution in [2.75, 3.05) is 86.2 Å². The molecule has 14 nitrogen and oxygen atoms in total. The van der Waals surface area contributed by atoms with E-state index in [1.165, 1.54) is 101 Å². The fraction of sp³-hybridized carbons (Fsp3) is 0.833. The zero-order chi connectivity index (χ0) is 52.5. The predicted octanol–water partition coefficient (Wildman–Crippen LogP) is 7.59. The minimum atomic E-state index is -0.0252. The molecule has 0 bridgehead atoms. The molecule has 0 aromatic carbocycles. The van der Waals surface area contributed by atoms with Gasteiger partial charge >= 0.3 is 0 Å². The molecular formula is C60H108N12O2. The van der Waals surface area contributed by atoms with Crippen LogP contribution in [0.4, 0.5) is 0 Å². The Kier molecular flexibility index (Phi) is 23.5. The van der Waals surface area contributed by atoms with Gasteiger partial charge in [0.2, 0.25) is 5.91 Å². The largest absolute Gasteiger partial charge is 0.378 e. The Balaban J connectivity index is 1.10. The zero-order valence-corrected chi connectivity index (χ0v) is 48.3. The summed E-state index contributed by atoms with van der Waals surface area (Å²) in [7, 11) is 4.42. The van der Waals surface area contributed by atoms with E-state index in [0.717, 1.165) is 71.0 Å². The number of aliphatic imine (C=N–C) groups is 1. The number of amides is 1. The molecule has 1 spiro atoms. The number of carbonyl (C=O) groups is 1. The van der Waals surface area contributed by atoms with Gasteiger partial charge in [-0.15, -0.1) is 0 Å². The predicted molar refractivity (Wildman–Crippen MR) is 308 cm³/mol. The van der Waals surface area contributed by atoms with Crippen LogP contribution in [0.5, 0.6) is 0 Å². The first-order chi connectivity index (χ1) is 35.8. The van der Waals surface area contributed by atoms with Gasteiger partial charge in [-0.3, -0.25) is 14.7 Å². The van der Waals surface area contributed by atoms with Crippen LogP contribution in [0.1, 0.15) is 158 Å². The van der Waals surface area contributed by atoms with Crippen LogP contribution in [0.25, 0.3) is 0 Å². The van der Waals surface area contributed by atoms with Crippen molar-refractivity contribution in [1.29, 1.82) is 0 Å². The number of carbonyl (C=O) groups excluding carboxylic acids is 1. The quantitative estimate of drug-likeness (QED) is 0.157. The lowest BCUT2D eigenvalue weighted by atomic mass is 9.74. The first-order valence-corrected chi connectivity index (χ1v) is 30.4. The molecule has 420 valence electrons. The van der Waals surface area contributed by atoms with Crippen LogP contribution in [-0.4, -0.2) is 177 Å². The first-order valence-electron chi connectivity index (χ1n) is 30.4. The minimum absolute atomic E-state index is 0.0252. The number of allylic oxidation sites excluding steroid dienone is 3. The van der Waals surface area contributed by atoms with Gasteiger partial charge in [0.15, 0.2) is 0 Å². The van der Waals surface area contributed by atoms with Gasteiger partial charge in [0.05, 0.1) is 25.7 Å². The molecule has 0 aromatic heterocycles. The highest BCUT2D eigenvalue weighted by Gasteiger charge is 2.56. The van der Waals surface area contributed by atoms with E-state index < -0.39 is 0 Å². The van der Waals surface area contributed by atoms with Crippen LogP contribution in [0.15, 0.2) is 53.5 Å². The van der Waals surface area contributed by atoms with Crippen molar-refractivity contribution in [3.05, 3.63) is 48.5 Å². The second kappa shape index (κ2) is 29.7. The summed E-state index contributed by atoms with van der Waals surface area (Å²) in [6, 6.07) is 2.28. The number of hydrogen-bond acceptors (Lipinski definition) is 13. The van der Waals surface area contributed by atoms with Crippen molar-refractivity contribution in [3.8, 4) is 0 Å². The second-order valence-corrected chi connectivity index (χ2v) is 24.6. The number of hydrogen-bond donors (Lipinski definition) is 6. The van der Waals surface area contributed by atoms with Gasteiger partial charge in [-0.2, -0.15) is 0 Å². The molecule has 3 saturated heterocycles. The molecular weight excluding hydrogens is 921 g/mol. The van der Waals surface area contributed by atoms with Crippen molar-refractivity contribution in [3.63, 3.8) is 0 Å². The summed E-state index contributed by atoms with van der Waals surface area (Å²) in [4.78, 5) is 31.7.